The summed E-state index contributed by atoms with van der Waals surface area (Å²) in [5, 5.41) is 1.56. The smallest absolute Gasteiger partial charge is 0.172 e. The molecule has 0 unspecified atom stereocenters. The minimum atomic E-state index is 0.684. The third kappa shape index (κ3) is 10.2. The molecule has 0 spiro atoms. The molecule has 0 fully saturated rings. The van der Waals surface area contributed by atoms with E-state index in [4.69, 9.17) is 24.4 Å². The normalized spacial score (nSPS) is 9.66. The predicted octanol–water partition coefficient (Wildman–Crippen LogP) is 4.27. The highest BCUT2D eigenvalue weighted by atomic mass is 32.1. The fourth-order valence-corrected chi connectivity index (χ4v) is 3.41. The average Bonchev–Trinajstić information content (AvgIpc) is 2.71. The van der Waals surface area contributed by atoms with E-state index in [-0.39, 0.29) is 0 Å². The zero-order valence-electron chi connectivity index (χ0n) is 17.7. The Morgan fingerprint density at radius 2 is 0.724 bits per heavy atom. The van der Waals surface area contributed by atoms with Crippen LogP contribution in [0.25, 0.3) is 0 Å². The molecule has 160 valence electrons. The molecule has 0 N–H and O–H groups in total. The molecule has 4 nitrogen and oxygen atoms in total. The molecule has 6 heteroatoms. The summed E-state index contributed by atoms with van der Waals surface area (Å²) in [6.07, 6.45) is 12.0. The third-order valence-corrected chi connectivity index (χ3v) is 5.07. The van der Waals surface area contributed by atoms with Crippen LogP contribution in [0.15, 0.2) is 75.9 Å². The quantitative estimate of drug-likeness (QED) is 0.265. The van der Waals surface area contributed by atoms with Crippen molar-refractivity contribution < 1.29 is 0 Å². The van der Waals surface area contributed by atoms with Crippen LogP contribution in [-0.4, -0.2) is 82.2 Å². The summed E-state index contributed by atoms with van der Waals surface area (Å²) in [7, 11) is 0. The van der Waals surface area contributed by atoms with E-state index in [2.05, 4.69) is 59.1 Å². The summed E-state index contributed by atoms with van der Waals surface area (Å²) >= 11 is 11.4. The van der Waals surface area contributed by atoms with Gasteiger partial charge in [0, 0.05) is 52.4 Å². The number of hydrogen-bond acceptors (Lipinski definition) is 2. The van der Waals surface area contributed by atoms with E-state index in [0.29, 0.717) is 39.3 Å². The Labute approximate surface area is 188 Å². The first kappa shape index (κ1) is 26.8. The van der Waals surface area contributed by atoms with Gasteiger partial charge in [-0.15, -0.1) is 39.5 Å². The summed E-state index contributed by atoms with van der Waals surface area (Å²) in [5.41, 5.74) is 0. The van der Waals surface area contributed by atoms with Gasteiger partial charge in [0.2, 0.25) is 0 Å². The maximum atomic E-state index is 5.71. The second kappa shape index (κ2) is 16.7. The third-order valence-electron chi connectivity index (χ3n) is 4.04. The molecule has 0 saturated carbocycles. The Morgan fingerprint density at radius 3 is 0.966 bits per heavy atom. The van der Waals surface area contributed by atoms with Crippen LogP contribution in [0, 0.1) is 0 Å². The molecule has 0 radical (unpaired) electrons. The fraction of sp³-hybridized carbons (Fsp3) is 0.391. The highest BCUT2D eigenvalue weighted by Crippen LogP contribution is 2.06. The second-order valence-corrected chi connectivity index (χ2v) is 7.08. The fourth-order valence-electron chi connectivity index (χ4n) is 2.78. The molecule has 0 aliphatic heterocycles. The summed E-state index contributed by atoms with van der Waals surface area (Å²) in [6.45, 7) is 28.7. The van der Waals surface area contributed by atoms with Crippen LogP contribution < -0.4 is 0 Å². The number of rotatable bonds is 16. The van der Waals surface area contributed by atoms with Crippen LogP contribution in [0.5, 0.6) is 0 Å². The van der Waals surface area contributed by atoms with E-state index in [9.17, 15) is 0 Å². The van der Waals surface area contributed by atoms with Crippen molar-refractivity contribution in [1.29, 1.82) is 0 Å². The first-order valence-corrected chi connectivity index (χ1v) is 10.5. The molecule has 0 aromatic carbocycles. The molecule has 29 heavy (non-hydrogen) atoms. The van der Waals surface area contributed by atoms with Gasteiger partial charge in [-0.1, -0.05) is 36.5 Å². The first-order valence-electron chi connectivity index (χ1n) is 9.73. The number of nitrogens with zero attached hydrogens (tertiary/aromatic N) is 4. The lowest BCUT2D eigenvalue weighted by Crippen LogP contribution is -2.46. The lowest BCUT2D eigenvalue weighted by molar-refractivity contribution is 0.334. The van der Waals surface area contributed by atoms with Crippen LogP contribution >= 0.6 is 24.4 Å². The summed E-state index contributed by atoms with van der Waals surface area (Å²) in [4.78, 5) is 8.44. The van der Waals surface area contributed by atoms with Crippen molar-refractivity contribution in [3.8, 4) is 0 Å². The Balaban J connectivity index is 5.07. The molecular formula is C23H36N4S2. The maximum absolute atomic E-state index is 5.71. The van der Waals surface area contributed by atoms with Crippen molar-refractivity contribution >= 4 is 34.7 Å². The monoisotopic (exact) mass is 432 g/mol. The van der Waals surface area contributed by atoms with Gasteiger partial charge >= 0.3 is 0 Å². The molecule has 0 aliphatic carbocycles. The van der Waals surface area contributed by atoms with E-state index in [1.807, 2.05) is 36.5 Å². The van der Waals surface area contributed by atoms with Gasteiger partial charge < -0.3 is 19.6 Å². The lowest BCUT2D eigenvalue weighted by atomic mass is 10.3. The molecule has 0 atom stereocenters. The molecule has 0 aliphatic rings. The molecule has 0 bridgehead atoms. The summed E-state index contributed by atoms with van der Waals surface area (Å²) in [6, 6.07) is 0. The minimum absolute atomic E-state index is 0.684. The van der Waals surface area contributed by atoms with Gasteiger partial charge in [0.25, 0.3) is 0 Å². The van der Waals surface area contributed by atoms with E-state index in [0.717, 1.165) is 29.7 Å². The molecule has 0 amide bonds. The van der Waals surface area contributed by atoms with Crippen LogP contribution in [0.1, 0.15) is 6.42 Å². The SMILES string of the molecule is C=CCN(CC=C)C(=S)N(CC=C)CCCN(CC=C)C(=S)N(CC=C)CC=C. The topological polar surface area (TPSA) is 13.0 Å². The standard InChI is InChI=1S/C23H36N4S2/c1-7-14-24(15-8-2)22(28)26(18-11-5)20-13-21-27(19-12-6)23(29)25(16-9-3)17-10-4/h7-12H,1-6,13-21H2. The molecular weight excluding hydrogens is 396 g/mol. The Hall–Kier alpha value is -2.18. The van der Waals surface area contributed by atoms with Gasteiger partial charge in [-0.2, -0.15) is 0 Å². The predicted molar refractivity (Wildman–Crippen MR) is 137 cm³/mol. The van der Waals surface area contributed by atoms with Crippen molar-refractivity contribution in [3.63, 3.8) is 0 Å². The van der Waals surface area contributed by atoms with E-state index in [1.54, 1.807) is 0 Å². The number of thiocarbonyl (C=S) groups is 2. The Morgan fingerprint density at radius 1 is 0.483 bits per heavy atom. The largest absolute Gasteiger partial charge is 0.345 e. The van der Waals surface area contributed by atoms with Gasteiger partial charge in [0.1, 0.15) is 0 Å². The molecule has 0 aromatic heterocycles. The highest BCUT2D eigenvalue weighted by Gasteiger charge is 2.17. The van der Waals surface area contributed by atoms with Crippen molar-refractivity contribution in [1.82, 2.24) is 19.6 Å². The van der Waals surface area contributed by atoms with Crippen LogP contribution in [0.4, 0.5) is 0 Å². The molecule has 0 aromatic rings. The van der Waals surface area contributed by atoms with Crippen LogP contribution in [0.2, 0.25) is 0 Å². The van der Waals surface area contributed by atoms with Crippen molar-refractivity contribution in [2.75, 3.05) is 52.4 Å². The van der Waals surface area contributed by atoms with Crippen molar-refractivity contribution in [2.24, 2.45) is 0 Å². The minimum Gasteiger partial charge on any atom is -0.345 e. The number of hydrogen-bond donors (Lipinski definition) is 0. The van der Waals surface area contributed by atoms with Gasteiger partial charge in [-0.3, -0.25) is 0 Å². The lowest BCUT2D eigenvalue weighted by Gasteiger charge is -2.34. The van der Waals surface area contributed by atoms with Gasteiger partial charge in [0.15, 0.2) is 10.2 Å². The molecule has 0 heterocycles. The Bertz CT molecular complexity index is 515. The van der Waals surface area contributed by atoms with Crippen molar-refractivity contribution in [2.45, 2.75) is 6.42 Å². The highest BCUT2D eigenvalue weighted by molar-refractivity contribution is 7.80. The first-order chi connectivity index (χ1) is 14.0. The summed E-state index contributed by atoms with van der Waals surface area (Å²) in [5.74, 6) is 0. The average molecular weight is 433 g/mol. The molecule has 0 rings (SSSR count). The second-order valence-electron chi connectivity index (χ2n) is 6.35. The van der Waals surface area contributed by atoms with E-state index < -0.39 is 0 Å². The summed E-state index contributed by atoms with van der Waals surface area (Å²) < 4.78 is 0. The van der Waals surface area contributed by atoms with Gasteiger partial charge in [-0.05, 0) is 30.9 Å². The van der Waals surface area contributed by atoms with Gasteiger partial charge in [0.05, 0.1) is 0 Å². The molecule has 0 saturated heterocycles. The van der Waals surface area contributed by atoms with Crippen LogP contribution in [-0.2, 0) is 0 Å². The Kier molecular flexibility index (Phi) is 15.5. The maximum Gasteiger partial charge on any atom is 0.172 e. The van der Waals surface area contributed by atoms with Crippen LogP contribution in [0.3, 0.4) is 0 Å². The van der Waals surface area contributed by atoms with Crippen molar-refractivity contribution in [3.05, 3.63) is 75.9 Å². The zero-order valence-corrected chi connectivity index (χ0v) is 19.3. The van der Waals surface area contributed by atoms with Gasteiger partial charge in [-0.25, -0.2) is 0 Å². The van der Waals surface area contributed by atoms with E-state index in [1.165, 1.54) is 0 Å². The zero-order chi connectivity index (χ0) is 22.1. The van der Waals surface area contributed by atoms with E-state index >= 15 is 0 Å².